The third-order valence-corrected chi connectivity index (χ3v) is 2.99. The number of methoxy groups -OCH3 is 2. The molecule has 0 bridgehead atoms. The zero-order chi connectivity index (χ0) is 14.5. The lowest BCUT2D eigenvalue weighted by atomic mass is 10.2. The maximum atomic E-state index is 6.00. The molecule has 0 unspecified atom stereocenters. The zero-order valence-electron chi connectivity index (χ0n) is 11.9. The Labute approximate surface area is 118 Å². The van der Waals surface area contributed by atoms with Crippen LogP contribution < -0.4 is 20.5 Å². The lowest BCUT2D eigenvalue weighted by Crippen LogP contribution is -2.07. The van der Waals surface area contributed by atoms with Gasteiger partial charge in [0, 0.05) is 18.3 Å². The highest BCUT2D eigenvalue weighted by Crippen LogP contribution is 2.28. The highest BCUT2D eigenvalue weighted by molar-refractivity contribution is 5.69. The third-order valence-electron chi connectivity index (χ3n) is 2.99. The topological polar surface area (TPSA) is 69.4 Å². The van der Waals surface area contributed by atoms with Crippen molar-refractivity contribution < 1.29 is 9.47 Å². The summed E-state index contributed by atoms with van der Waals surface area (Å²) in [7, 11) is 3.25. The fourth-order valence-electron chi connectivity index (χ4n) is 1.89. The summed E-state index contributed by atoms with van der Waals surface area (Å²) in [5.41, 5.74) is 8.50. The van der Waals surface area contributed by atoms with Gasteiger partial charge in [0.2, 0.25) is 0 Å². The summed E-state index contributed by atoms with van der Waals surface area (Å²) in [5, 5.41) is 3.23. The Morgan fingerprint density at radius 1 is 1.15 bits per heavy atom. The molecule has 106 valence electrons. The molecule has 0 radical (unpaired) electrons. The quantitative estimate of drug-likeness (QED) is 0.876. The number of aromatic nitrogens is 1. The van der Waals surface area contributed by atoms with Gasteiger partial charge in [0.05, 0.1) is 14.2 Å². The molecule has 0 spiro atoms. The van der Waals surface area contributed by atoms with Crippen LogP contribution in [0.2, 0.25) is 0 Å². The fraction of sp³-hybridized carbons (Fsp3) is 0.267. The number of hydrogen-bond donors (Lipinski definition) is 2. The molecule has 0 amide bonds. The minimum absolute atomic E-state index is 0.520. The second-order valence-corrected chi connectivity index (χ2v) is 4.43. The van der Waals surface area contributed by atoms with Gasteiger partial charge in [-0.2, -0.15) is 0 Å². The smallest absolute Gasteiger partial charge is 0.153 e. The Morgan fingerprint density at radius 2 is 1.85 bits per heavy atom. The summed E-state index contributed by atoms with van der Waals surface area (Å²) in [6.07, 6.45) is 0. The van der Waals surface area contributed by atoms with Crippen molar-refractivity contribution in [1.29, 1.82) is 0 Å². The van der Waals surface area contributed by atoms with Gasteiger partial charge in [0.15, 0.2) is 5.82 Å². The molecular weight excluding hydrogens is 254 g/mol. The number of rotatable bonds is 5. The molecule has 1 heterocycles. The molecule has 0 atom stereocenters. The number of nitrogens with one attached hydrogen (secondary N) is 1. The molecule has 1 aromatic carbocycles. The van der Waals surface area contributed by atoms with E-state index in [1.807, 2.05) is 37.3 Å². The highest BCUT2D eigenvalue weighted by Gasteiger charge is 2.08. The van der Waals surface area contributed by atoms with Gasteiger partial charge in [-0.1, -0.05) is 12.1 Å². The molecule has 0 aliphatic rings. The molecule has 2 rings (SSSR count). The van der Waals surface area contributed by atoms with Crippen molar-refractivity contribution in [1.82, 2.24) is 4.98 Å². The summed E-state index contributed by atoms with van der Waals surface area (Å²) in [5.74, 6) is 2.11. The lowest BCUT2D eigenvalue weighted by molar-refractivity contribution is 0.414. The van der Waals surface area contributed by atoms with E-state index in [0.29, 0.717) is 23.8 Å². The molecule has 2 aromatic rings. The van der Waals surface area contributed by atoms with Crippen LogP contribution >= 0.6 is 0 Å². The minimum Gasteiger partial charge on any atom is -0.497 e. The van der Waals surface area contributed by atoms with Gasteiger partial charge in [0.1, 0.15) is 17.2 Å². The Bertz CT molecular complexity index is 582. The van der Waals surface area contributed by atoms with Gasteiger partial charge < -0.3 is 20.5 Å². The van der Waals surface area contributed by atoms with Gasteiger partial charge in [-0.25, -0.2) is 4.98 Å². The second kappa shape index (κ2) is 6.14. The molecule has 20 heavy (non-hydrogen) atoms. The van der Waals surface area contributed by atoms with Gasteiger partial charge >= 0.3 is 0 Å². The van der Waals surface area contributed by atoms with Crippen LogP contribution in [0.3, 0.4) is 0 Å². The summed E-state index contributed by atoms with van der Waals surface area (Å²) >= 11 is 0. The van der Waals surface area contributed by atoms with Gasteiger partial charge in [-0.3, -0.25) is 0 Å². The number of nitrogens with two attached hydrogens (primary N) is 1. The van der Waals surface area contributed by atoms with Crippen molar-refractivity contribution in [2.24, 2.45) is 0 Å². The summed E-state index contributed by atoms with van der Waals surface area (Å²) in [4.78, 5) is 4.39. The number of aryl methyl sites for hydroxylation is 1. The average Bonchev–Trinajstić information content (AvgIpc) is 2.48. The van der Waals surface area contributed by atoms with E-state index in [4.69, 9.17) is 15.2 Å². The molecular formula is C15H19N3O2. The van der Waals surface area contributed by atoms with Crippen LogP contribution in [-0.4, -0.2) is 19.2 Å². The van der Waals surface area contributed by atoms with Gasteiger partial charge in [-0.05, 0) is 24.6 Å². The van der Waals surface area contributed by atoms with Crippen LogP contribution in [-0.2, 0) is 6.54 Å². The largest absolute Gasteiger partial charge is 0.497 e. The Balaban J connectivity index is 2.11. The molecule has 5 nitrogen and oxygen atoms in total. The van der Waals surface area contributed by atoms with Crippen molar-refractivity contribution in [2.45, 2.75) is 13.5 Å². The number of hydrogen-bond acceptors (Lipinski definition) is 5. The lowest BCUT2D eigenvalue weighted by Gasteiger charge is -2.12. The van der Waals surface area contributed by atoms with Crippen LogP contribution in [0.25, 0.3) is 0 Å². The molecule has 0 saturated carbocycles. The number of benzene rings is 1. The van der Waals surface area contributed by atoms with E-state index in [1.165, 1.54) is 0 Å². The third kappa shape index (κ3) is 3.12. The van der Waals surface area contributed by atoms with Crippen LogP contribution in [0.1, 0.15) is 11.3 Å². The standard InChI is InChI=1S/C15H19N3O2/c1-10-8-13(20-3)14(16)15(18-10)17-9-11-4-6-12(19-2)7-5-11/h4-8H,9,16H2,1-3H3,(H,17,18). The monoisotopic (exact) mass is 273 g/mol. The maximum absolute atomic E-state index is 6.00. The fourth-order valence-corrected chi connectivity index (χ4v) is 1.89. The number of ether oxygens (including phenoxy) is 2. The van der Waals surface area contributed by atoms with Crippen LogP contribution in [0.4, 0.5) is 11.5 Å². The molecule has 1 aromatic heterocycles. The average molecular weight is 273 g/mol. The molecule has 0 fully saturated rings. The normalized spacial score (nSPS) is 10.2. The van der Waals surface area contributed by atoms with Gasteiger partial charge in [-0.15, -0.1) is 0 Å². The maximum Gasteiger partial charge on any atom is 0.153 e. The second-order valence-electron chi connectivity index (χ2n) is 4.43. The van der Waals surface area contributed by atoms with Crippen LogP contribution in [0.15, 0.2) is 30.3 Å². The van der Waals surface area contributed by atoms with E-state index in [0.717, 1.165) is 17.0 Å². The van der Waals surface area contributed by atoms with Crippen molar-refractivity contribution in [3.63, 3.8) is 0 Å². The van der Waals surface area contributed by atoms with Crippen molar-refractivity contribution in [2.75, 3.05) is 25.3 Å². The van der Waals surface area contributed by atoms with Crippen molar-refractivity contribution in [3.8, 4) is 11.5 Å². The number of anilines is 2. The van der Waals surface area contributed by atoms with E-state index >= 15 is 0 Å². The van der Waals surface area contributed by atoms with E-state index in [-0.39, 0.29) is 0 Å². The van der Waals surface area contributed by atoms with Crippen molar-refractivity contribution >= 4 is 11.5 Å². The highest BCUT2D eigenvalue weighted by atomic mass is 16.5. The molecule has 0 saturated heterocycles. The van der Waals surface area contributed by atoms with Crippen LogP contribution in [0.5, 0.6) is 11.5 Å². The predicted molar refractivity (Wildman–Crippen MR) is 80.3 cm³/mol. The van der Waals surface area contributed by atoms with Gasteiger partial charge in [0.25, 0.3) is 0 Å². The predicted octanol–water partition coefficient (Wildman–Crippen LogP) is 2.60. The summed E-state index contributed by atoms with van der Waals surface area (Å²) < 4.78 is 10.4. The first-order chi connectivity index (χ1) is 9.63. The Morgan fingerprint density at radius 3 is 2.45 bits per heavy atom. The molecule has 5 heteroatoms. The number of pyridine rings is 1. The first-order valence-corrected chi connectivity index (χ1v) is 6.32. The molecule has 0 aliphatic carbocycles. The van der Waals surface area contributed by atoms with E-state index in [1.54, 1.807) is 14.2 Å². The van der Waals surface area contributed by atoms with E-state index < -0.39 is 0 Å². The minimum atomic E-state index is 0.520. The van der Waals surface area contributed by atoms with E-state index in [2.05, 4.69) is 10.3 Å². The summed E-state index contributed by atoms with van der Waals surface area (Å²) in [6.45, 7) is 2.54. The summed E-state index contributed by atoms with van der Waals surface area (Å²) in [6, 6.07) is 9.65. The SMILES string of the molecule is COc1ccc(CNc2nc(C)cc(OC)c2N)cc1. The molecule has 3 N–H and O–H groups in total. The number of nitrogen functional groups attached to an aromatic ring is 1. The Kier molecular flexibility index (Phi) is 4.30. The Hall–Kier alpha value is -2.43. The zero-order valence-corrected chi connectivity index (χ0v) is 11.9. The van der Waals surface area contributed by atoms with E-state index in [9.17, 15) is 0 Å². The number of nitrogens with zero attached hydrogens (tertiary/aromatic N) is 1. The first kappa shape index (κ1) is 14.0. The first-order valence-electron chi connectivity index (χ1n) is 6.32. The van der Waals surface area contributed by atoms with Crippen molar-refractivity contribution in [3.05, 3.63) is 41.6 Å². The molecule has 0 aliphatic heterocycles. The van der Waals surface area contributed by atoms with Crippen LogP contribution in [0, 0.1) is 6.92 Å².